The van der Waals surface area contributed by atoms with Gasteiger partial charge in [0.25, 0.3) is 0 Å². The average molecular weight is 204 g/mol. The van der Waals surface area contributed by atoms with Crippen molar-refractivity contribution in [3.05, 3.63) is 11.6 Å². The molecular formula is C8H14BrN. The van der Waals surface area contributed by atoms with E-state index in [9.17, 15) is 0 Å². The molecule has 0 aromatic carbocycles. The van der Waals surface area contributed by atoms with Gasteiger partial charge in [-0.1, -0.05) is 28.4 Å². The van der Waals surface area contributed by atoms with Crippen LogP contribution in [0.1, 0.15) is 20.3 Å². The van der Waals surface area contributed by atoms with Gasteiger partial charge < -0.3 is 0 Å². The summed E-state index contributed by atoms with van der Waals surface area (Å²) >= 11 is 3.35. The molecule has 0 fully saturated rings. The Morgan fingerprint density at radius 1 is 1.60 bits per heavy atom. The number of rotatable bonds is 4. The van der Waals surface area contributed by atoms with Crippen LogP contribution in [0, 0.1) is 0 Å². The number of allylic oxidation sites excluding steroid dienone is 2. The Bertz CT molecular complexity index is 127. The molecule has 2 heteroatoms. The van der Waals surface area contributed by atoms with Crippen molar-refractivity contribution in [2.24, 2.45) is 4.99 Å². The zero-order chi connectivity index (χ0) is 7.82. The number of nitrogens with zero attached hydrogens (tertiary/aromatic N) is 1. The fourth-order valence-corrected chi connectivity index (χ4v) is 0.615. The molecule has 1 nitrogen and oxygen atoms in total. The Morgan fingerprint density at radius 2 is 2.30 bits per heavy atom. The topological polar surface area (TPSA) is 12.4 Å². The van der Waals surface area contributed by atoms with Crippen molar-refractivity contribution in [2.75, 3.05) is 11.9 Å². The van der Waals surface area contributed by atoms with Gasteiger partial charge in [-0.15, -0.1) is 0 Å². The molecule has 0 N–H and O–H groups in total. The molecule has 0 aliphatic carbocycles. The van der Waals surface area contributed by atoms with Gasteiger partial charge >= 0.3 is 0 Å². The first kappa shape index (κ1) is 9.89. The summed E-state index contributed by atoms with van der Waals surface area (Å²) in [4.78, 5) is 4.16. The monoisotopic (exact) mass is 203 g/mol. The SMILES string of the molecule is CCC/N=C\C=C(/C)CBr. The Balaban J connectivity index is 3.49. The van der Waals surface area contributed by atoms with Crippen LogP contribution in [0.25, 0.3) is 0 Å². The van der Waals surface area contributed by atoms with E-state index in [4.69, 9.17) is 0 Å². The molecule has 0 aromatic heterocycles. The van der Waals surface area contributed by atoms with Crippen LogP contribution in [0.4, 0.5) is 0 Å². The highest BCUT2D eigenvalue weighted by Gasteiger charge is 1.79. The molecule has 0 radical (unpaired) electrons. The highest BCUT2D eigenvalue weighted by Crippen LogP contribution is 1.94. The van der Waals surface area contributed by atoms with Gasteiger partial charge in [0.2, 0.25) is 0 Å². The fraction of sp³-hybridized carbons (Fsp3) is 0.625. The van der Waals surface area contributed by atoms with Gasteiger partial charge in [-0.3, -0.25) is 4.99 Å². The molecule has 0 atom stereocenters. The minimum absolute atomic E-state index is 0.936. The van der Waals surface area contributed by atoms with E-state index in [1.54, 1.807) is 0 Å². The molecule has 0 spiro atoms. The Morgan fingerprint density at radius 3 is 2.80 bits per heavy atom. The molecule has 0 saturated carbocycles. The molecule has 0 saturated heterocycles. The Labute approximate surface area is 71.4 Å². The lowest BCUT2D eigenvalue weighted by molar-refractivity contribution is 0.937. The van der Waals surface area contributed by atoms with Crippen molar-refractivity contribution in [2.45, 2.75) is 20.3 Å². The molecule has 58 valence electrons. The van der Waals surface area contributed by atoms with Crippen LogP contribution in [0.2, 0.25) is 0 Å². The predicted molar refractivity (Wildman–Crippen MR) is 51.2 cm³/mol. The summed E-state index contributed by atoms with van der Waals surface area (Å²) in [5, 5.41) is 0.936. The quantitative estimate of drug-likeness (QED) is 0.493. The molecule has 0 bridgehead atoms. The van der Waals surface area contributed by atoms with Crippen LogP contribution < -0.4 is 0 Å². The van der Waals surface area contributed by atoms with E-state index in [2.05, 4.69) is 34.8 Å². The second kappa shape index (κ2) is 7.00. The maximum Gasteiger partial charge on any atom is 0.0386 e. The number of hydrogen-bond donors (Lipinski definition) is 0. The molecule has 0 aliphatic rings. The minimum Gasteiger partial charge on any atom is -0.293 e. The highest BCUT2D eigenvalue weighted by molar-refractivity contribution is 9.09. The molecular weight excluding hydrogens is 190 g/mol. The normalized spacial score (nSPS) is 12.9. The van der Waals surface area contributed by atoms with E-state index in [0.717, 1.165) is 18.3 Å². The maximum atomic E-state index is 4.16. The van der Waals surface area contributed by atoms with Crippen molar-refractivity contribution < 1.29 is 0 Å². The van der Waals surface area contributed by atoms with Crippen LogP contribution in [-0.4, -0.2) is 18.1 Å². The Kier molecular flexibility index (Phi) is 6.93. The van der Waals surface area contributed by atoms with Crippen LogP contribution >= 0.6 is 15.9 Å². The summed E-state index contributed by atoms with van der Waals surface area (Å²) in [5.74, 6) is 0. The zero-order valence-electron chi connectivity index (χ0n) is 6.60. The molecule has 0 aliphatic heterocycles. The number of aliphatic imine (C=N–C) groups is 1. The van der Waals surface area contributed by atoms with Crippen molar-refractivity contribution in [1.29, 1.82) is 0 Å². The Hall–Kier alpha value is -0.110. The fourth-order valence-electron chi connectivity index (χ4n) is 0.428. The van der Waals surface area contributed by atoms with E-state index in [0.29, 0.717) is 0 Å². The second-order valence-corrected chi connectivity index (χ2v) is 2.76. The van der Waals surface area contributed by atoms with Gasteiger partial charge in [0.15, 0.2) is 0 Å². The van der Waals surface area contributed by atoms with E-state index < -0.39 is 0 Å². The van der Waals surface area contributed by atoms with Gasteiger partial charge in [-0.25, -0.2) is 0 Å². The minimum atomic E-state index is 0.936. The number of alkyl halides is 1. The molecule has 0 aromatic rings. The summed E-state index contributed by atoms with van der Waals surface area (Å²) in [6.45, 7) is 5.14. The van der Waals surface area contributed by atoms with Crippen LogP contribution in [-0.2, 0) is 0 Å². The third-order valence-corrected chi connectivity index (χ3v) is 1.91. The molecule has 0 heterocycles. The van der Waals surface area contributed by atoms with Crippen molar-refractivity contribution in [1.82, 2.24) is 0 Å². The second-order valence-electron chi connectivity index (χ2n) is 2.20. The standard InChI is InChI=1S/C8H14BrN/c1-3-5-10-6-4-8(2)7-9/h4,6H,3,5,7H2,1-2H3/b8-4+,10-6-. The largest absolute Gasteiger partial charge is 0.293 e. The summed E-state index contributed by atoms with van der Waals surface area (Å²) in [5.41, 5.74) is 1.31. The molecule has 0 amide bonds. The average Bonchev–Trinajstić information content (AvgIpc) is 1.98. The van der Waals surface area contributed by atoms with Gasteiger partial charge in [-0.05, 0) is 19.4 Å². The van der Waals surface area contributed by atoms with Crippen molar-refractivity contribution in [3.8, 4) is 0 Å². The number of halogens is 1. The lowest BCUT2D eigenvalue weighted by Gasteiger charge is -1.87. The molecule has 0 rings (SSSR count). The highest BCUT2D eigenvalue weighted by atomic mass is 79.9. The smallest absolute Gasteiger partial charge is 0.0386 e. The molecule has 0 unspecified atom stereocenters. The summed E-state index contributed by atoms with van der Waals surface area (Å²) in [6.07, 6.45) is 5.03. The van der Waals surface area contributed by atoms with E-state index in [-0.39, 0.29) is 0 Å². The predicted octanol–water partition coefficient (Wildman–Crippen LogP) is 2.81. The summed E-state index contributed by atoms with van der Waals surface area (Å²) in [6, 6.07) is 0. The van der Waals surface area contributed by atoms with E-state index >= 15 is 0 Å². The van der Waals surface area contributed by atoms with Crippen LogP contribution in [0.3, 0.4) is 0 Å². The lowest BCUT2D eigenvalue weighted by atomic mass is 10.3. The van der Waals surface area contributed by atoms with Gasteiger partial charge in [0.05, 0.1) is 0 Å². The van der Waals surface area contributed by atoms with Crippen LogP contribution in [0.15, 0.2) is 16.6 Å². The van der Waals surface area contributed by atoms with Crippen LogP contribution in [0.5, 0.6) is 0 Å². The van der Waals surface area contributed by atoms with Gasteiger partial charge in [0, 0.05) is 18.1 Å². The first-order valence-corrected chi connectivity index (χ1v) is 4.65. The first-order valence-electron chi connectivity index (χ1n) is 3.52. The summed E-state index contributed by atoms with van der Waals surface area (Å²) < 4.78 is 0. The number of hydrogen-bond acceptors (Lipinski definition) is 1. The maximum absolute atomic E-state index is 4.16. The van der Waals surface area contributed by atoms with Gasteiger partial charge in [-0.2, -0.15) is 0 Å². The lowest BCUT2D eigenvalue weighted by Crippen LogP contribution is -1.79. The van der Waals surface area contributed by atoms with Gasteiger partial charge in [0.1, 0.15) is 0 Å². The van der Waals surface area contributed by atoms with Crippen molar-refractivity contribution >= 4 is 22.1 Å². The summed E-state index contributed by atoms with van der Waals surface area (Å²) in [7, 11) is 0. The third-order valence-electron chi connectivity index (χ3n) is 1.03. The third kappa shape index (κ3) is 6.02. The van der Waals surface area contributed by atoms with E-state index in [1.807, 2.05) is 12.3 Å². The zero-order valence-corrected chi connectivity index (χ0v) is 8.19. The first-order chi connectivity index (χ1) is 4.81. The van der Waals surface area contributed by atoms with E-state index in [1.165, 1.54) is 5.57 Å². The van der Waals surface area contributed by atoms with Crippen molar-refractivity contribution in [3.63, 3.8) is 0 Å². The molecule has 10 heavy (non-hydrogen) atoms.